The van der Waals surface area contributed by atoms with Crippen LogP contribution in [0.3, 0.4) is 0 Å². The Labute approximate surface area is 109 Å². The highest BCUT2D eigenvalue weighted by Gasteiger charge is 2.01. The molecule has 1 aromatic rings. The number of hydrogen-bond acceptors (Lipinski definition) is 4. The summed E-state index contributed by atoms with van der Waals surface area (Å²) in [6, 6.07) is 3.88. The molecule has 0 bridgehead atoms. The van der Waals surface area contributed by atoms with Crippen molar-refractivity contribution < 1.29 is 9.84 Å². The molecule has 4 heteroatoms. The molecule has 0 saturated heterocycles. The Hall–Kier alpha value is -1.13. The van der Waals surface area contributed by atoms with Crippen molar-refractivity contribution in [3.63, 3.8) is 0 Å². The summed E-state index contributed by atoms with van der Waals surface area (Å²) in [7, 11) is 1.67. The number of nitrogens with one attached hydrogen (secondary N) is 1. The zero-order valence-corrected chi connectivity index (χ0v) is 11.6. The number of aliphatic hydroxyl groups is 1. The van der Waals surface area contributed by atoms with Crippen LogP contribution in [0.1, 0.15) is 31.2 Å². The zero-order chi connectivity index (χ0) is 13.4. The zero-order valence-electron chi connectivity index (χ0n) is 11.6. The maximum Gasteiger partial charge on any atom is 0.122 e. The smallest absolute Gasteiger partial charge is 0.122 e. The molecule has 0 fully saturated rings. The minimum atomic E-state index is 0.274. The first-order valence-electron chi connectivity index (χ1n) is 6.49. The van der Waals surface area contributed by atoms with E-state index in [1.807, 2.05) is 19.1 Å². The van der Waals surface area contributed by atoms with Gasteiger partial charge >= 0.3 is 0 Å². The molecule has 1 atom stereocenters. The number of aryl methyl sites for hydroxylation is 1. The maximum absolute atomic E-state index is 8.91. The number of pyridine rings is 1. The monoisotopic (exact) mass is 252 g/mol. The van der Waals surface area contributed by atoms with Crippen molar-refractivity contribution in [1.29, 1.82) is 0 Å². The Morgan fingerprint density at radius 3 is 2.89 bits per heavy atom. The molecule has 2 N–H and O–H groups in total. The van der Waals surface area contributed by atoms with E-state index >= 15 is 0 Å². The second kappa shape index (κ2) is 8.06. The van der Waals surface area contributed by atoms with Crippen molar-refractivity contribution in [1.82, 2.24) is 10.3 Å². The predicted molar refractivity (Wildman–Crippen MR) is 72.7 cm³/mol. The van der Waals surface area contributed by atoms with Gasteiger partial charge in [0.15, 0.2) is 0 Å². The van der Waals surface area contributed by atoms with Gasteiger partial charge < -0.3 is 15.2 Å². The molecular weight excluding hydrogens is 228 g/mol. The summed E-state index contributed by atoms with van der Waals surface area (Å²) < 4.78 is 5.21. The summed E-state index contributed by atoms with van der Waals surface area (Å²) in [5, 5.41) is 12.3. The van der Waals surface area contributed by atoms with Crippen LogP contribution in [0.2, 0.25) is 0 Å². The number of rotatable bonds is 8. The molecule has 0 aliphatic heterocycles. The minimum Gasteiger partial charge on any atom is -0.497 e. The molecule has 1 heterocycles. The fourth-order valence-corrected chi connectivity index (χ4v) is 1.79. The van der Waals surface area contributed by atoms with E-state index in [0.717, 1.165) is 43.1 Å². The lowest BCUT2D eigenvalue weighted by Crippen LogP contribution is -2.17. The van der Waals surface area contributed by atoms with Crippen molar-refractivity contribution >= 4 is 0 Å². The van der Waals surface area contributed by atoms with Crippen LogP contribution in [0.15, 0.2) is 12.1 Å². The van der Waals surface area contributed by atoms with Gasteiger partial charge in [0.1, 0.15) is 5.75 Å². The first-order valence-corrected chi connectivity index (χ1v) is 6.49. The molecule has 1 unspecified atom stereocenters. The average molecular weight is 252 g/mol. The van der Waals surface area contributed by atoms with E-state index in [4.69, 9.17) is 9.84 Å². The third-order valence-electron chi connectivity index (χ3n) is 2.88. The second-order valence-electron chi connectivity index (χ2n) is 4.75. The first kappa shape index (κ1) is 14.9. The minimum absolute atomic E-state index is 0.274. The Kier molecular flexibility index (Phi) is 6.68. The number of aliphatic hydroxyl groups excluding tert-OH is 1. The number of hydrogen-bond donors (Lipinski definition) is 2. The van der Waals surface area contributed by atoms with Crippen LogP contribution in [0.25, 0.3) is 0 Å². The van der Waals surface area contributed by atoms with Gasteiger partial charge in [-0.25, -0.2) is 0 Å². The third kappa shape index (κ3) is 5.47. The fraction of sp³-hybridized carbons (Fsp3) is 0.643. The van der Waals surface area contributed by atoms with E-state index in [2.05, 4.69) is 17.2 Å². The summed E-state index contributed by atoms with van der Waals surface area (Å²) in [4.78, 5) is 4.45. The maximum atomic E-state index is 8.91. The lowest BCUT2D eigenvalue weighted by atomic mass is 10.1. The number of nitrogens with zero attached hydrogens (tertiary/aromatic N) is 1. The summed E-state index contributed by atoms with van der Waals surface area (Å²) >= 11 is 0. The summed E-state index contributed by atoms with van der Waals surface area (Å²) in [6.07, 6.45) is 2.12. The predicted octanol–water partition coefficient (Wildman–Crippen LogP) is 1.90. The summed E-state index contributed by atoms with van der Waals surface area (Å²) in [6.45, 7) is 6.01. The van der Waals surface area contributed by atoms with E-state index in [1.54, 1.807) is 7.11 Å². The van der Waals surface area contributed by atoms with Crippen LogP contribution in [0.4, 0.5) is 0 Å². The quantitative estimate of drug-likeness (QED) is 0.694. The van der Waals surface area contributed by atoms with E-state index < -0.39 is 0 Å². The van der Waals surface area contributed by atoms with E-state index in [1.165, 1.54) is 0 Å². The van der Waals surface area contributed by atoms with Crippen molar-refractivity contribution in [3.8, 4) is 5.75 Å². The van der Waals surface area contributed by atoms with Crippen LogP contribution >= 0.6 is 0 Å². The number of methoxy groups -OCH3 is 1. The van der Waals surface area contributed by atoms with Gasteiger partial charge in [-0.15, -0.1) is 0 Å². The fourth-order valence-electron chi connectivity index (χ4n) is 1.79. The van der Waals surface area contributed by atoms with Crippen LogP contribution in [0, 0.1) is 12.8 Å². The molecule has 0 radical (unpaired) electrons. The van der Waals surface area contributed by atoms with Crippen molar-refractivity contribution in [3.05, 3.63) is 23.5 Å². The SMILES string of the molecule is COc1cc(C)nc(CNCCCC(C)CO)c1. The molecule has 0 aliphatic carbocycles. The van der Waals surface area contributed by atoms with Crippen molar-refractivity contribution in [2.75, 3.05) is 20.3 Å². The van der Waals surface area contributed by atoms with Crippen LogP contribution in [-0.4, -0.2) is 30.4 Å². The normalized spacial score (nSPS) is 12.4. The van der Waals surface area contributed by atoms with Gasteiger partial charge in [0.05, 0.1) is 12.8 Å². The molecule has 0 spiro atoms. The largest absolute Gasteiger partial charge is 0.497 e. The molecule has 1 rings (SSSR count). The van der Waals surface area contributed by atoms with Crippen LogP contribution < -0.4 is 10.1 Å². The topological polar surface area (TPSA) is 54.4 Å². The van der Waals surface area contributed by atoms with Gasteiger partial charge in [-0.05, 0) is 32.2 Å². The molecular formula is C14H24N2O2. The van der Waals surface area contributed by atoms with Gasteiger partial charge in [-0.1, -0.05) is 6.92 Å². The van der Waals surface area contributed by atoms with Gasteiger partial charge in [0.25, 0.3) is 0 Å². The Morgan fingerprint density at radius 1 is 1.44 bits per heavy atom. The lowest BCUT2D eigenvalue weighted by Gasteiger charge is -2.09. The molecule has 18 heavy (non-hydrogen) atoms. The van der Waals surface area contributed by atoms with Crippen LogP contribution in [0.5, 0.6) is 5.75 Å². The Balaban J connectivity index is 2.28. The Morgan fingerprint density at radius 2 is 2.22 bits per heavy atom. The second-order valence-corrected chi connectivity index (χ2v) is 4.75. The first-order chi connectivity index (χ1) is 8.65. The third-order valence-corrected chi connectivity index (χ3v) is 2.88. The van der Waals surface area contributed by atoms with E-state index in [9.17, 15) is 0 Å². The van der Waals surface area contributed by atoms with Gasteiger partial charge in [-0.3, -0.25) is 4.98 Å². The highest BCUT2D eigenvalue weighted by atomic mass is 16.5. The standard InChI is InChI=1S/C14H24N2O2/c1-11(10-17)5-4-6-15-9-13-8-14(18-3)7-12(2)16-13/h7-8,11,15,17H,4-6,9-10H2,1-3H3. The van der Waals surface area contributed by atoms with E-state index in [-0.39, 0.29) is 6.61 Å². The van der Waals surface area contributed by atoms with Crippen molar-refractivity contribution in [2.45, 2.75) is 33.2 Å². The molecule has 102 valence electrons. The lowest BCUT2D eigenvalue weighted by molar-refractivity contribution is 0.228. The van der Waals surface area contributed by atoms with Gasteiger partial charge in [0, 0.05) is 31.0 Å². The highest BCUT2D eigenvalue weighted by molar-refractivity contribution is 5.26. The number of aromatic nitrogens is 1. The molecule has 1 aromatic heterocycles. The summed E-state index contributed by atoms with van der Waals surface area (Å²) in [5.74, 6) is 1.25. The average Bonchev–Trinajstić information content (AvgIpc) is 2.37. The van der Waals surface area contributed by atoms with Crippen molar-refractivity contribution in [2.24, 2.45) is 5.92 Å². The molecule has 0 saturated carbocycles. The number of ether oxygens (including phenoxy) is 1. The Bertz CT molecular complexity index is 356. The molecule has 4 nitrogen and oxygen atoms in total. The summed E-state index contributed by atoms with van der Waals surface area (Å²) in [5.41, 5.74) is 1.97. The molecule has 0 aromatic carbocycles. The van der Waals surface area contributed by atoms with Crippen LogP contribution in [-0.2, 0) is 6.54 Å². The van der Waals surface area contributed by atoms with Gasteiger partial charge in [0.2, 0.25) is 0 Å². The van der Waals surface area contributed by atoms with E-state index in [0.29, 0.717) is 5.92 Å². The molecule has 0 aliphatic rings. The van der Waals surface area contributed by atoms with Gasteiger partial charge in [-0.2, -0.15) is 0 Å². The highest BCUT2D eigenvalue weighted by Crippen LogP contribution is 2.13. The molecule has 0 amide bonds.